The average molecular weight is 220 g/mol. The fourth-order valence-electron chi connectivity index (χ4n) is 1.64. The standard InChI is InChI=1S/C13H20N2O/c1-8(2)12-6-5-11(7-9(12)3)16-10(4)13(14)15/h5-8,10H,1-4H3,(H3,14,15). The predicted octanol–water partition coefficient (Wildman–Crippen LogP) is 2.82. The molecule has 1 atom stereocenters. The lowest BCUT2D eigenvalue weighted by Gasteiger charge is -2.15. The van der Waals surface area contributed by atoms with Crippen LogP contribution in [0.4, 0.5) is 0 Å². The quantitative estimate of drug-likeness (QED) is 0.605. The highest BCUT2D eigenvalue weighted by atomic mass is 16.5. The van der Waals surface area contributed by atoms with Gasteiger partial charge in [0.2, 0.25) is 0 Å². The second kappa shape index (κ2) is 5.01. The maximum absolute atomic E-state index is 7.27. The van der Waals surface area contributed by atoms with E-state index in [0.717, 1.165) is 5.75 Å². The lowest BCUT2D eigenvalue weighted by atomic mass is 9.98. The summed E-state index contributed by atoms with van der Waals surface area (Å²) in [7, 11) is 0. The molecule has 0 radical (unpaired) electrons. The summed E-state index contributed by atoms with van der Waals surface area (Å²) in [6.07, 6.45) is -0.371. The summed E-state index contributed by atoms with van der Waals surface area (Å²) in [6, 6.07) is 6.00. The van der Waals surface area contributed by atoms with Crippen molar-refractivity contribution >= 4 is 5.84 Å². The van der Waals surface area contributed by atoms with Gasteiger partial charge in [0.1, 0.15) is 11.6 Å². The molecule has 1 aromatic carbocycles. The fraction of sp³-hybridized carbons (Fsp3) is 0.462. The molecular weight excluding hydrogens is 200 g/mol. The van der Waals surface area contributed by atoms with Crippen LogP contribution < -0.4 is 10.5 Å². The van der Waals surface area contributed by atoms with Crippen molar-refractivity contribution in [3.8, 4) is 5.75 Å². The molecule has 0 heterocycles. The first-order chi connectivity index (χ1) is 7.41. The Morgan fingerprint density at radius 2 is 1.94 bits per heavy atom. The van der Waals surface area contributed by atoms with Crippen LogP contribution in [0.25, 0.3) is 0 Å². The first-order valence-electron chi connectivity index (χ1n) is 5.53. The fourth-order valence-corrected chi connectivity index (χ4v) is 1.64. The van der Waals surface area contributed by atoms with E-state index in [1.54, 1.807) is 6.92 Å². The molecule has 1 rings (SSSR count). The van der Waals surface area contributed by atoms with E-state index in [4.69, 9.17) is 15.9 Å². The maximum Gasteiger partial charge on any atom is 0.152 e. The highest BCUT2D eigenvalue weighted by Crippen LogP contribution is 2.23. The van der Waals surface area contributed by atoms with Gasteiger partial charge in [-0.25, -0.2) is 0 Å². The van der Waals surface area contributed by atoms with E-state index in [1.807, 2.05) is 12.1 Å². The van der Waals surface area contributed by atoms with Gasteiger partial charge in [-0.15, -0.1) is 0 Å². The number of ether oxygens (including phenoxy) is 1. The van der Waals surface area contributed by atoms with E-state index in [9.17, 15) is 0 Å². The van der Waals surface area contributed by atoms with Gasteiger partial charge in [0.25, 0.3) is 0 Å². The molecule has 16 heavy (non-hydrogen) atoms. The molecule has 0 spiro atoms. The van der Waals surface area contributed by atoms with E-state index in [2.05, 4.69) is 26.8 Å². The zero-order valence-electron chi connectivity index (χ0n) is 10.4. The summed E-state index contributed by atoms with van der Waals surface area (Å²) in [5.41, 5.74) is 7.89. The molecule has 1 unspecified atom stereocenters. The van der Waals surface area contributed by atoms with Crippen molar-refractivity contribution in [3.05, 3.63) is 29.3 Å². The minimum Gasteiger partial charge on any atom is -0.483 e. The summed E-state index contributed by atoms with van der Waals surface area (Å²) >= 11 is 0. The normalized spacial score (nSPS) is 12.6. The van der Waals surface area contributed by atoms with Crippen LogP contribution in [-0.2, 0) is 0 Å². The van der Waals surface area contributed by atoms with Crippen LogP contribution in [0, 0.1) is 12.3 Å². The smallest absolute Gasteiger partial charge is 0.152 e. The molecule has 0 saturated carbocycles. The summed E-state index contributed by atoms with van der Waals surface area (Å²) < 4.78 is 5.54. The topological polar surface area (TPSA) is 59.1 Å². The van der Waals surface area contributed by atoms with Crippen LogP contribution in [0.5, 0.6) is 5.75 Å². The van der Waals surface area contributed by atoms with Crippen molar-refractivity contribution in [2.75, 3.05) is 0 Å². The Balaban J connectivity index is 2.85. The van der Waals surface area contributed by atoms with Gasteiger partial charge in [-0.1, -0.05) is 19.9 Å². The monoisotopic (exact) mass is 220 g/mol. The molecule has 88 valence electrons. The Morgan fingerprint density at radius 1 is 1.31 bits per heavy atom. The van der Waals surface area contributed by atoms with E-state index >= 15 is 0 Å². The number of rotatable bonds is 4. The number of benzene rings is 1. The van der Waals surface area contributed by atoms with Crippen molar-refractivity contribution in [2.24, 2.45) is 5.73 Å². The zero-order chi connectivity index (χ0) is 12.3. The summed E-state index contributed by atoms with van der Waals surface area (Å²) in [5, 5.41) is 7.27. The Hall–Kier alpha value is -1.51. The third-order valence-electron chi connectivity index (χ3n) is 2.61. The first-order valence-corrected chi connectivity index (χ1v) is 5.53. The van der Waals surface area contributed by atoms with Gasteiger partial charge in [-0.2, -0.15) is 0 Å². The van der Waals surface area contributed by atoms with Crippen molar-refractivity contribution < 1.29 is 4.74 Å². The van der Waals surface area contributed by atoms with Crippen molar-refractivity contribution in [3.63, 3.8) is 0 Å². The highest BCUT2D eigenvalue weighted by Gasteiger charge is 2.09. The maximum atomic E-state index is 7.27. The molecule has 1 aromatic rings. The zero-order valence-corrected chi connectivity index (χ0v) is 10.4. The van der Waals surface area contributed by atoms with E-state index in [-0.39, 0.29) is 11.9 Å². The number of amidine groups is 1. The molecule has 0 fully saturated rings. The second-order valence-electron chi connectivity index (χ2n) is 4.39. The Morgan fingerprint density at radius 3 is 2.38 bits per heavy atom. The number of hydrogen-bond donors (Lipinski definition) is 2. The van der Waals surface area contributed by atoms with Crippen LogP contribution in [0.2, 0.25) is 0 Å². The highest BCUT2D eigenvalue weighted by molar-refractivity contribution is 5.81. The van der Waals surface area contributed by atoms with Gasteiger partial charge < -0.3 is 10.5 Å². The van der Waals surface area contributed by atoms with E-state index in [0.29, 0.717) is 5.92 Å². The number of nitrogens with two attached hydrogens (primary N) is 1. The molecule has 3 nitrogen and oxygen atoms in total. The molecule has 0 amide bonds. The lowest BCUT2D eigenvalue weighted by Crippen LogP contribution is -2.30. The second-order valence-corrected chi connectivity index (χ2v) is 4.39. The van der Waals surface area contributed by atoms with Crippen LogP contribution in [-0.4, -0.2) is 11.9 Å². The molecular formula is C13H20N2O. The summed E-state index contributed by atoms with van der Waals surface area (Å²) in [6.45, 7) is 8.18. The van der Waals surface area contributed by atoms with Gasteiger partial charge in [0.05, 0.1) is 0 Å². The molecule has 0 aliphatic heterocycles. The number of nitrogens with one attached hydrogen (secondary N) is 1. The van der Waals surface area contributed by atoms with Crippen molar-refractivity contribution in [1.29, 1.82) is 5.41 Å². The molecule has 0 aromatic heterocycles. The number of hydrogen-bond acceptors (Lipinski definition) is 2. The number of aryl methyl sites for hydroxylation is 1. The largest absolute Gasteiger partial charge is 0.483 e. The average Bonchev–Trinajstić information content (AvgIpc) is 2.16. The van der Waals surface area contributed by atoms with Gasteiger partial charge in [0, 0.05) is 0 Å². The first kappa shape index (κ1) is 12.6. The summed E-state index contributed by atoms with van der Waals surface area (Å²) in [4.78, 5) is 0. The summed E-state index contributed by atoms with van der Waals surface area (Å²) in [5.74, 6) is 1.33. The van der Waals surface area contributed by atoms with Gasteiger partial charge in [-0.05, 0) is 43.0 Å². The van der Waals surface area contributed by atoms with Crippen molar-refractivity contribution in [2.45, 2.75) is 39.7 Å². The Labute approximate surface area is 97.1 Å². The lowest BCUT2D eigenvalue weighted by molar-refractivity contribution is 0.284. The third kappa shape index (κ3) is 2.99. The molecule has 3 heteroatoms. The minimum absolute atomic E-state index is 0.0468. The third-order valence-corrected chi connectivity index (χ3v) is 2.61. The molecule has 3 N–H and O–H groups in total. The molecule has 0 bridgehead atoms. The van der Waals surface area contributed by atoms with Gasteiger partial charge in [-0.3, -0.25) is 5.41 Å². The Bertz CT molecular complexity index is 386. The predicted molar refractivity (Wildman–Crippen MR) is 67.3 cm³/mol. The van der Waals surface area contributed by atoms with Crippen LogP contribution in [0.1, 0.15) is 37.8 Å². The Kier molecular flexibility index (Phi) is 3.93. The molecule has 0 aliphatic rings. The van der Waals surface area contributed by atoms with Crippen molar-refractivity contribution in [1.82, 2.24) is 0 Å². The van der Waals surface area contributed by atoms with E-state index < -0.39 is 0 Å². The van der Waals surface area contributed by atoms with Crippen LogP contribution in [0.3, 0.4) is 0 Å². The minimum atomic E-state index is -0.371. The van der Waals surface area contributed by atoms with E-state index in [1.165, 1.54) is 11.1 Å². The van der Waals surface area contributed by atoms with Gasteiger partial charge >= 0.3 is 0 Å². The SMILES string of the molecule is Cc1cc(OC(C)C(=N)N)ccc1C(C)C. The van der Waals surface area contributed by atoms with Crippen LogP contribution in [0.15, 0.2) is 18.2 Å². The molecule has 0 aliphatic carbocycles. The molecule has 0 saturated heterocycles. The van der Waals surface area contributed by atoms with Gasteiger partial charge in [0.15, 0.2) is 6.10 Å². The van der Waals surface area contributed by atoms with Crippen LogP contribution >= 0.6 is 0 Å².